The lowest BCUT2D eigenvalue weighted by Gasteiger charge is -2.61. The first-order valence-electron chi connectivity index (χ1n) is 21.1. The van der Waals surface area contributed by atoms with Crippen LogP contribution in [0.2, 0.25) is 0 Å². The van der Waals surface area contributed by atoms with Crippen molar-refractivity contribution in [2.45, 2.75) is 175 Å². The first kappa shape index (κ1) is 42.1. The van der Waals surface area contributed by atoms with E-state index in [-0.39, 0.29) is 24.5 Å². The molecule has 292 valence electrons. The molecule has 0 aromatic heterocycles. The number of amides is 1. The fourth-order valence-corrected chi connectivity index (χ4v) is 11.8. The average molecular weight is 732 g/mol. The minimum atomic E-state index is -4.06. The van der Waals surface area contributed by atoms with Gasteiger partial charge >= 0.3 is 5.97 Å². The van der Waals surface area contributed by atoms with Gasteiger partial charge in [0, 0.05) is 19.4 Å². The molecule has 0 aromatic rings. The number of allylic oxidation sites excluding steroid dienone is 4. The highest BCUT2D eigenvalue weighted by Crippen LogP contribution is 2.68. The Hall–Kier alpha value is -1.67. The van der Waals surface area contributed by atoms with Crippen LogP contribution in [-0.4, -0.2) is 43.2 Å². The predicted molar refractivity (Wildman–Crippen MR) is 208 cm³/mol. The molecule has 7 nitrogen and oxygen atoms in total. The summed E-state index contributed by atoms with van der Waals surface area (Å²) in [6, 6.07) is 0. The van der Waals surface area contributed by atoms with E-state index in [0.717, 1.165) is 62.7 Å². The normalized spacial score (nSPS) is 32.7. The molecular weight excluding hydrogens is 659 g/mol. The highest BCUT2D eigenvalue weighted by molar-refractivity contribution is 7.85. The summed E-state index contributed by atoms with van der Waals surface area (Å²) in [7, 11) is -4.06. The van der Waals surface area contributed by atoms with Gasteiger partial charge in [0.05, 0.1) is 5.75 Å². The van der Waals surface area contributed by atoms with Crippen LogP contribution in [0.3, 0.4) is 0 Å². The van der Waals surface area contributed by atoms with E-state index in [1.165, 1.54) is 83.5 Å². The van der Waals surface area contributed by atoms with Crippen molar-refractivity contribution in [2.75, 3.05) is 12.3 Å². The van der Waals surface area contributed by atoms with Gasteiger partial charge in [-0.3, -0.25) is 14.1 Å². The lowest BCUT2D eigenvalue weighted by Crippen LogP contribution is -2.54. The van der Waals surface area contributed by atoms with Crippen LogP contribution in [0.4, 0.5) is 0 Å². The Balaban J connectivity index is 1.13. The predicted octanol–water partition coefficient (Wildman–Crippen LogP) is 10.4. The summed E-state index contributed by atoms with van der Waals surface area (Å²) in [5.74, 6) is 3.44. The topological polar surface area (TPSA) is 110 Å². The zero-order valence-corrected chi connectivity index (χ0v) is 33.5. The summed E-state index contributed by atoms with van der Waals surface area (Å²) in [4.78, 5) is 25.2. The standard InChI is InChI=1S/C43H73NO6S/c1-5-6-7-8-9-10-11-12-13-14-15-16-17-18-19-41(46)50-35-26-28-42(3)34(32-35)21-22-36-38-24-23-37(43(38,4)29-27-39(36)42)33(2)20-25-40(45)44-30-31-51(47,48)49/h8-9,11-12,33-39H,5-7,10,13-32H2,1-4H3,(H,44,45)(H,47,48,49)/b9-8-,12-11-. The summed E-state index contributed by atoms with van der Waals surface area (Å²) in [5.41, 5.74) is 0.664. The van der Waals surface area contributed by atoms with Crippen LogP contribution in [0.25, 0.3) is 0 Å². The van der Waals surface area contributed by atoms with Gasteiger partial charge in [-0.1, -0.05) is 84.1 Å². The Kier molecular flexibility index (Phi) is 16.6. The van der Waals surface area contributed by atoms with E-state index < -0.39 is 15.9 Å². The molecule has 51 heavy (non-hydrogen) atoms. The number of carbonyl (C=O) groups excluding carboxylic acids is 2. The number of fused-ring (bicyclic) bond motifs is 5. The zero-order chi connectivity index (χ0) is 36.9. The Bertz CT molecular complexity index is 1260. The van der Waals surface area contributed by atoms with Crippen molar-refractivity contribution in [1.82, 2.24) is 5.32 Å². The summed E-state index contributed by atoms with van der Waals surface area (Å²) in [5, 5.41) is 2.65. The van der Waals surface area contributed by atoms with Gasteiger partial charge in [-0.15, -0.1) is 0 Å². The number of esters is 1. The number of ether oxygens (including phenoxy) is 1. The van der Waals surface area contributed by atoms with Crippen molar-refractivity contribution < 1.29 is 27.3 Å². The van der Waals surface area contributed by atoms with Gasteiger partial charge in [0.1, 0.15) is 6.10 Å². The second-order valence-electron chi connectivity index (χ2n) is 17.6. The number of rotatable bonds is 21. The van der Waals surface area contributed by atoms with Crippen LogP contribution in [0, 0.1) is 46.3 Å². The Labute approximate surface area is 311 Å². The number of carbonyl (C=O) groups is 2. The quantitative estimate of drug-likeness (QED) is 0.0526. The SMILES string of the molecule is CCCC/C=C\C/C=C\CCCCCCCC(=O)OC1CCC2(C)C(CCC3C2CCC2(C)C(C(C)CCC(=O)NCCS(=O)(=O)O)CCC32)C1. The Morgan fingerprint density at radius 2 is 1.53 bits per heavy atom. The van der Waals surface area contributed by atoms with Crippen LogP contribution in [0.5, 0.6) is 0 Å². The van der Waals surface area contributed by atoms with Gasteiger partial charge in [0.15, 0.2) is 0 Å². The summed E-state index contributed by atoms with van der Waals surface area (Å²) >= 11 is 0. The molecule has 9 atom stereocenters. The van der Waals surface area contributed by atoms with Crippen LogP contribution >= 0.6 is 0 Å². The molecule has 0 aromatic carbocycles. The monoisotopic (exact) mass is 732 g/mol. The molecule has 0 aliphatic heterocycles. The molecule has 0 saturated heterocycles. The lowest BCUT2D eigenvalue weighted by molar-refractivity contribution is -0.162. The van der Waals surface area contributed by atoms with Gasteiger partial charge in [0.25, 0.3) is 10.1 Å². The van der Waals surface area contributed by atoms with Crippen LogP contribution < -0.4 is 5.32 Å². The third-order valence-electron chi connectivity index (χ3n) is 14.3. The second kappa shape index (κ2) is 20.1. The fraction of sp³-hybridized carbons (Fsp3) is 0.860. The van der Waals surface area contributed by atoms with Crippen molar-refractivity contribution in [1.29, 1.82) is 0 Å². The van der Waals surface area contributed by atoms with Crippen molar-refractivity contribution in [3.8, 4) is 0 Å². The van der Waals surface area contributed by atoms with Gasteiger partial charge in [-0.2, -0.15) is 8.42 Å². The molecule has 2 N–H and O–H groups in total. The number of unbranched alkanes of at least 4 members (excludes halogenated alkanes) is 7. The van der Waals surface area contributed by atoms with Gasteiger partial charge in [-0.25, -0.2) is 0 Å². The molecule has 1 amide bonds. The maximum absolute atomic E-state index is 12.8. The largest absolute Gasteiger partial charge is 0.462 e. The van der Waals surface area contributed by atoms with Crippen LogP contribution in [0.1, 0.15) is 169 Å². The van der Waals surface area contributed by atoms with E-state index in [1.54, 1.807) is 0 Å². The average Bonchev–Trinajstić information content (AvgIpc) is 3.44. The minimum Gasteiger partial charge on any atom is -0.462 e. The zero-order valence-electron chi connectivity index (χ0n) is 32.7. The number of hydrogen-bond donors (Lipinski definition) is 2. The molecular formula is C43H73NO6S. The van der Waals surface area contributed by atoms with Crippen molar-refractivity contribution >= 4 is 22.0 Å². The maximum Gasteiger partial charge on any atom is 0.306 e. The summed E-state index contributed by atoms with van der Waals surface area (Å²) in [6.45, 7) is 9.62. The van der Waals surface area contributed by atoms with Crippen molar-refractivity contribution in [3.05, 3.63) is 24.3 Å². The molecule has 4 saturated carbocycles. The molecule has 4 aliphatic carbocycles. The molecule has 0 radical (unpaired) electrons. The van der Waals surface area contributed by atoms with Gasteiger partial charge < -0.3 is 10.1 Å². The molecule has 4 rings (SSSR count). The van der Waals surface area contributed by atoms with E-state index >= 15 is 0 Å². The molecule has 4 aliphatic rings. The van der Waals surface area contributed by atoms with Gasteiger partial charge in [0.2, 0.25) is 5.91 Å². The molecule has 0 heterocycles. The number of hydrogen-bond acceptors (Lipinski definition) is 5. The van der Waals surface area contributed by atoms with Crippen LogP contribution in [0.15, 0.2) is 24.3 Å². The summed E-state index contributed by atoms with van der Waals surface area (Å²) in [6.07, 6.45) is 33.6. The molecule has 0 spiro atoms. The van der Waals surface area contributed by atoms with E-state index in [2.05, 4.69) is 57.3 Å². The van der Waals surface area contributed by atoms with Crippen molar-refractivity contribution in [3.63, 3.8) is 0 Å². The second-order valence-corrected chi connectivity index (χ2v) is 19.1. The molecule has 4 fully saturated rings. The third-order valence-corrected chi connectivity index (χ3v) is 15.0. The van der Waals surface area contributed by atoms with E-state index in [0.29, 0.717) is 41.4 Å². The molecule has 0 bridgehead atoms. The summed E-state index contributed by atoms with van der Waals surface area (Å²) < 4.78 is 37.0. The Morgan fingerprint density at radius 1 is 0.843 bits per heavy atom. The first-order valence-corrected chi connectivity index (χ1v) is 22.7. The van der Waals surface area contributed by atoms with Crippen LogP contribution in [-0.2, 0) is 24.4 Å². The van der Waals surface area contributed by atoms with E-state index in [9.17, 15) is 18.0 Å². The Morgan fingerprint density at radius 3 is 2.27 bits per heavy atom. The molecule has 8 heteroatoms. The van der Waals surface area contributed by atoms with E-state index in [1.807, 2.05) is 0 Å². The minimum absolute atomic E-state index is 0.0161. The number of nitrogens with one attached hydrogen (secondary N) is 1. The first-order chi connectivity index (χ1) is 24.4. The third kappa shape index (κ3) is 12.2. The van der Waals surface area contributed by atoms with E-state index in [4.69, 9.17) is 9.29 Å². The lowest BCUT2D eigenvalue weighted by atomic mass is 9.44. The maximum atomic E-state index is 12.8. The highest BCUT2D eigenvalue weighted by Gasteiger charge is 2.60. The molecule has 9 unspecified atom stereocenters. The fourth-order valence-electron chi connectivity index (χ4n) is 11.4. The van der Waals surface area contributed by atoms with Gasteiger partial charge in [-0.05, 0) is 143 Å². The smallest absolute Gasteiger partial charge is 0.306 e. The van der Waals surface area contributed by atoms with Crippen molar-refractivity contribution in [2.24, 2.45) is 46.3 Å². The highest BCUT2D eigenvalue weighted by atomic mass is 32.2.